The van der Waals surface area contributed by atoms with Crippen molar-refractivity contribution in [3.05, 3.63) is 58.6 Å². The van der Waals surface area contributed by atoms with Crippen molar-refractivity contribution in [1.29, 1.82) is 0 Å². The van der Waals surface area contributed by atoms with Gasteiger partial charge in [0, 0.05) is 16.3 Å². The summed E-state index contributed by atoms with van der Waals surface area (Å²) in [4.78, 5) is 0. The highest BCUT2D eigenvalue weighted by Crippen LogP contribution is 2.26. The first-order chi connectivity index (χ1) is 11.2. The zero-order valence-electron chi connectivity index (χ0n) is 11.9. The lowest BCUT2D eigenvalue weighted by Gasteiger charge is -2.06. The highest BCUT2D eigenvalue weighted by Gasteiger charge is 2.09. The fourth-order valence-corrected chi connectivity index (χ4v) is 2.71. The lowest BCUT2D eigenvalue weighted by Crippen LogP contribution is -2.00. The number of ether oxygens (including phenoxy) is 1. The number of hydrogen-bond donors (Lipinski definition) is 0. The van der Waals surface area contributed by atoms with Crippen molar-refractivity contribution in [2.24, 2.45) is 0 Å². The van der Waals surface area contributed by atoms with Crippen LogP contribution in [0.15, 0.2) is 58.2 Å². The number of rotatable bonds is 6. The van der Waals surface area contributed by atoms with Crippen molar-refractivity contribution in [2.75, 3.05) is 12.4 Å². The van der Waals surface area contributed by atoms with E-state index in [1.54, 1.807) is 18.2 Å². The number of para-hydroxylation sites is 1. The number of benzene rings is 2. The van der Waals surface area contributed by atoms with Gasteiger partial charge in [-0.05, 0) is 36.4 Å². The van der Waals surface area contributed by atoms with Crippen molar-refractivity contribution in [1.82, 2.24) is 10.2 Å². The van der Waals surface area contributed by atoms with Gasteiger partial charge in [0.2, 0.25) is 5.89 Å². The van der Waals surface area contributed by atoms with Gasteiger partial charge in [-0.15, -0.1) is 10.2 Å². The first kappa shape index (κ1) is 16.2. The minimum atomic E-state index is 0.469. The molecule has 4 nitrogen and oxygen atoms in total. The van der Waals surface area contributed by atoms with Gasteiger partial charge in [0.1, 0.15) is 5.75 Å². The topological polar surface area (TPSA) is 48.2 Å². The maximum absolute atomic E-state index is 6.02. The molecule has 0 saturated carbocycles. The van der Waals surface area contributed by atoms with Crippen molar-refractivity contribution < 1.29 is 9.15 Å². The molecule has 0 saturated heterocycles. The number of hydrogen-bond acceptors (Lipinski definition) is 5. The molecule has 1 aromatic heterocycles. The van der Waals surface area contributed by atoms with Gasteiger partial charge in [0.25, 0.3) is 5.22 Å². The van der Waals surface area contributed by atoms with Crippen LogP contribution in [0.5, 0.6) is 5.75 Å². The predicted molar refractivity (Wildman–Crippen MR) is 92.4 cm³/mol. The number of thioether (sulfide) groups is 1. The average molecular weight is 367 g/mol. The Morgan fingerprint density at radius 3 is 2.57 bits per heavy atom. The minimum Gasteiger partial charge on any atom is -0.491 e. The van der Waals surface area contributed by atoms with Crippen LogP contribution in [0, 0.1) is 0 Å². The Balaban J connectivity index is 1.52. The SMILES string of the molecule is Clc1ccc(-c2nnc(SCCOc3ccccc3Cl)o2)cc1. The summed E-state index contributed by atoms with van der Waals surface area (Å²) in [6.07, 6.45) is 0. The van der Waals surface area contributed by atoms with Gasteiger partial charge >= 0.3 is 0 Å². The molecule has 0 aliphatic heterocycles. The second kappa shape index (κ2) is 7.73. The highest BCUT2D eigenvalue weighted by molar-refractivity contribution is 7.99. The summed E-state index contributed by atoms with van der Waals surface area (Å²) in [5.41, 5.74) is 0.834. The molecule has 0 aliphatic carbocycles. The largest absolute Gasteiger partial charge is 0.491 e. The molecule has 23 heavy (non-hydrogen) atoms. The maximum atomic E-state index is 6.02. The predicted octanol–water partition coefficient (Wildman–Crippen LogP) is 5.21. The van der Waals surface area contributed by atoms with Gasteiger partial charge in [-0.1, -0.05) is 47.1 Å². The first-order valence-corrected chi connectivity index (χ1v) is 8.56. The third-order valence-corrected chi connectivity index (χ3v) is 4.25. The molecule has 0 radical (unpaired) electrons. The Morgan fingerprint density at radius 1 is 1.00 bits per heavy atom. The zero-order valence-corrected chi connectivity index (χ0v) is 14.2. The lowest BCUT2D eigenvalue weighted by atomic mass is 10.2. The highest BCUT2D eigenvalue weighted by atomic mass is 35.5. The van der Waals surface area contributed by atoms with Gasteiger partial charge < -0.3 is 9.15 Å². The molecule has 0 aliphatic rings. The Bertz CT molecular complexity index is 778. The Hall–Kier alpha value is -1.69. The van der Waals surface area contributed by atoms with Crippen LogP contribution in [0.25, 0.3) is 11.5 Å². The molecule has 7 heteroatoms. The minimum absolute atomic E-state index is 0.469. The van der Waals surface area contributed by atoms with E-state index < -0.39 is 0 Å². The van der Waals surface area contributed by atoms with Crippen LogP contribution in [0.4, 0.5) is 0 Å². The van der Waals surface area contributed by atoms with E-state index in [1.165, 1.54) is 11.8 Å². The molecule has 0 fully saturated rings. The molecular formula is C16H12Cl2N2O2S. The summed E-state index contributed by atoms with van der Waals surface area (Å²) in [5.74, 6) is 1.81. The molecule has 3 rings (SSSR count). The van der Waals surface area contributed by atoms with E-state index in [0.29, 0.717) is 39.3 Å². The molecule has 0 N–H and O–H groups in total. The first-order valence-electron chi connectivity index (χ1n) is 6.82. The molecule has 0 amide bonds. The third-order valence-electron chi connectivity index (χ3n) is 2.90. The fraction of sp³-hybridized carbons (Fsp3) is 0.125. The molecule has 0 unspecified atom stereocenters. The Morgan fingerprint density at radius 2 is 1.78 bits per heavy atom. The fourth-order valence-electron chi connectivity index (χ4n) is 1.82. The third kappa shape index (κ3) is 4.41. The molecule has 1 heterocycles. The van der Waals surface area contributed by atoms with Crippen LogP contribution in [-0.2, 0) is 0 Å². The number of nitrogens with zero attached hydrogens (tertiary/aromatic N) is 2. The van der Waals surface area contributed by atoms with Crippen molar-refractivity contribution in [3.8, 4) is 17.2 Å². The Kier molecular flexibility index (Phi) is 5.43. The maximum Gasteiger partial charge on any atom is 0.276 e. The molecule has 118 valence electrons. The monoisotopic (exact) mass is 366 g/mol. The van der Waals surface area contributed by atoms with Gasteiger partial charge in [-0.25, -0.2) is 0 Å². The molecule has 3 aromatic rings. The van der Waals surface area contributed by atoms with E-state index in [-0.39, 0.29) is 0 Å². The number of aromatic nitrogens is 2. The van der Waals surface area contributed by atoms with Crippen molar-refractivity contribution >= 4 is 35.0 Å². The summed E-state index contributed by atoms with van der Waals surface area (Å²) in [7, 11) is 0. The average Bonchev–Trinajstić information content (AvgIpc) is 3.03. The van der Waals surface area contributed by atoms with Crippen LogP contribution in [-0.4, -0.2) is 22.6 Å². The second-order valence-electron chi connectivity index (χ2n) is 4.51. The normalized spacial score (nSPS) is 10.7. The smallest absolute Gasteiger partial charge is 0.276 e. The van der Waals surface area contributed by atoms with Crippen molar-refractivity contribution in [2.45, 2.75) is 5.22 Å². The van der Waals surface area contributed by atoms with Gasteiger partial charge in [0.15, 0.2) is 0 Å². The second-order valence-corrected chi connectivity index (χ2v) is 6.40. The van der Waals surface area contributed by atoms with E-state index in [1.807, 2.05) is 30.3 Å². The lowest BCUT2D eigenvalue weighted by molar-refractivity contribution is 0.343. The van der Waals surface area contributed by atoms with Crippen LogP contribution < -0.4 is 4.74 Å². The van der Waals surface area contributed by atoms with E-state index in [9.17, 15) is 0 Å². The zero-order chi connectivity index (χ0) is 16.1. The summed E-state index contributed by atoms with van der Waals surface area (Å²) in [6.45, 7) is 0.493. The van der Waals surface area contributed by atoms with Crippen LogP contribution >= 0.6 is 35.0 Å². The molecule has 2 aromatic carbocycles. The summed E-state index contributed by atoms with van der Waals surface area (Å²) >= 11 is 13.3. The quantitative estimate of drug-likeness (QED) is 0.442. The van der Waals surface area contributed by atoms with Crippen LogP contribution in [0.1, 0.15) is 0 Å². The molecule has 0 bridgehead atoms. The van der Waals surface area contributed by atoms with E-state index in [4.69, 9.17) is 32.4 Å². The standard InChI is InChI=1S/C16H12Cl2N2O2S/c17-12-7-5-11(6-8-12)15-19-20-16(22-15)23-10-9-21-14-4-2-1-3-13(14)18/h1-8H,9-10H2. The van der Waals surface area contributed by atoms with Crippen LogP contribution in [0.3, 0.4) is 0 Å². The number of halogens is 2. The summed E-state index contributed by atoms with van der Waals surface area (Å²) < 4.78 is 11.2. The van der Waals surface area contributed by atoms with Crippen molar-refractivity contribution in [3.63, 3.8) is 0 Å². The van der Waals surface area contributed by atoms with Gasteiger partial charge in [-0.2, -0.15) is 0 Å². The molecular weight excluding hydrogens is 355 g/mol. The molecule has 0 spiro atoms. The summed E-state index contributed by atoms with van der Waals surface area (Å²) in [6, 6.07) is 14.6. The van der Waals surface area contributed by atoms with E-state index in [2.05, 4.69) is 10.2 Å². The summed E-state index contributed by atoms with van der Waals surface area (Å²) in [5, 5.41) is 9.80. The molecule has 0 atom stereocenters. The Labute approximate surface area is 147 Å². The van der Waals surface area contributed by atoms with Crippen LogP contribution in [0.2, 0.25) is 10.0 Å². The van der Waals surface area contributed by atoms with E-state index >= 15 is 0 Å². The van der Waals surface area contributed by atoms with Gasteiger partial charge in [-0.3, -0.25) is 0 Å². The van der Waals surface area contributed by atoms with E-state index in [0.717, 1.165) is 5.56 Å². The van der Waals surface area contributed by atoms with Gasteiger partial charge in [0.05, 0.1) is 11.6 Å².